The first kappa shape index (κ1) is 25.2. The first-order chi connectivity index (χ1) is 10.3. The Morgan fingerprint density at radius 3 is 1.95 bits per heavy atom. The molecule has 1 unspecified atom stereocenters. The number of carbonyl (C=O) groups excluding carboxylic acids is 2. The number of hydrogen-bond acceptors (Lipinski definition) is 4. The van der Waals surface area contributed by atoms with Gasteiger partial charge in [0.15, 0.2) is 0 Å². The summed E-state index contributed by atoms with van der Waals surface area (Å²) >= 11 is 0. The molecule has 0 aliphatic heterocycles. The van der Waals surface area contributed by atoms with Gasteiger partial charge in [-0.1, -0.05) is 41.0 Å². The van der Waals surface area contributed by atoms with E-state index in [2.05, 4.69) is 23.9 Å². The maximum atomic E-state index is 11.7. The first-order valence-corrected chi connectivity index (χ1v) is 7.69. The Balaban J connectivity index is -0.000000637. The van der Waals surface area contributed by atoms with Crippen LogP contribution in [0.2, 0.25) is 0 Å². The molecule has 22 heavy (non-hydrogen) atoms. The van der Waals surface area contributed by atoms with Gasteiger partial charge >= 0.3 is 12.1 Å². The van der Waals surface area contributed by atoms with Crippen molar-refractivity contribution in [1.29, 1.82) is 0 Å². The quantitative estimate of drug-likeness (QED) is 0.784. The Morgan fingerprint density at radius 1 is 1.18 bits per heavy atom. The highest BCUT2D eigenvalue weighted by Crippen LogP contribution is 2.01. The second-order valence-electron chi connectivity index (χ2n) is 4.15. The smallest absolute Gasteiger partial charge is 0.407 e. The van der Waals surface area contributed by atoms with E-state index in [0.29, 0.717) is 13.0 Å². The fraction of sp³-hybridized carbons (Fsp3) is 0.800. The van der Waals surface area contributed by atoms with Crippen molar-refractivity contribution in [2.45, 2.75) is 60.4 Å². The average molecular weight is 320 g/mol. The van der Waals surface area contributed by atoms with Crippen LogP contribution in [-0.4, -0.2) is 54.2 Å². The topological polar surface area (TPSA) is 95.9 Å². The third-order valence-corrected chi connectivity index (χ3v) is 2.18. The summed E-state index contributed by atoms with van der Waals surface area (Å²) in [6.45, 7) is 11.6. The van der Waals surface area contributed by atoms with E-state index in [1.807, 2.05) is 20.8 Å². The number of carboxylic acids is 1. The van der Waals surface area contributed by atoms with Crippen molar-refractivity contribution in [3.8, 4) is 0 Å². The number of alkyl carbamates (subject to hydrolysis) is 1. The fourth-order valence-electron chi connectivity index (χ4n) is 1.23. The Labute approximate surface area is 134 Å². The maximum absolute atomic E-state index is 11.7. The van der Waals surface area contributed by atoms with Crippen molar-refractivity contribution in [2.24, 2.45) is 0 Å². The number of hydrogen-bond donors (Lipinski definition) is 2. The minimum absolute atomic E-state index is 0.274. The molecule has 0 radical (unpaired) electrons. The van der Waals surface area contributed by atoms with E-state index in [4.69, 9.17) is 5.11 Å². The summed E-state index contributed by atoms with van der Waals surface area (Å²) in [6.07, 6.45) is 1.17. The lowest BCUT2D eigenvalue weighted by atomic mass is 10.2. The number of nitrogens with zero attached hydrogens (tertiary/aromatic N) is 1. The number of carbonyl (C=O) groups is 3. The zero-order chi connectivity index (χ0) is 18.1. The highest BCUT2D eigenvalue weighted by atomic mass is 16.5. The van der Waals surface area contributed by atoms with Gasteiger partial charge < -0.3 is 20.1 Å². The van der Waals surface area contributed by atoms with E-state index < -0.39 is 24.0 Å². The van der Waals surface area contributed by atoms with Gasteiger partial charge in [0.1, 0.15) is 12.6 Å². The van der Waals surface area contributed by atoms with Crippen LogP contribution < -0.4 is 5.32 Å². The second-order valence-corrected chi connectivity index (χ2v) is 4.15. The third kappa shape index (κ3) is 13.2. The summed E-state index contributed by atoms with van der Waals surface area (Å²) in [4.78, 5) is 34.5. The van der Waals surface area contributed by atoms with Crippen molar-refractivity contribution in [3.05, 3.63) is 0 Å². The van der Waals surface area contributed by atoms with Crippen LogP contribution in [0.3, 0.4) is 0 Å². The molecular formula is C15H32N2O5. The third-order valence-electron chi connectivity index (χ3n) is 2.18. The number of methoxy groups -OCH3 is 1. The largest absolute Gasteiger partial charge is 0.480 e. The zero-order valence-corrected chi connectivity index (χ0v) is 14.9. The molecule has 0 aromatic rings. The first-order valence-electron chi connectivity index (χ1n) is 7.69. The van der Waals surface area contributed by atoms with E-state index in [1.165, 1.54) is 25.4 Å². The molecule has 0 aliphatic carbocycles. The van der Waals surface area contributed by atoms with E-state index in [1.54, 1.807) is 0 Å². The minimum Gasteiger partial charge on any atom is -0.480 e. The van der Waals surface area contributed by atoms with Crippen molar-refractivity contribution in [2.75, 3.05) is 20.2 Å². The predicted octanol–water partition coefficient (Wildman–Crippen LogP) is 2.50. The van der Waals surface area contributed by atoms with Gasteiger partial charge in [-0.15, -0.1) is 0 Å². The number of carboxylic acid groups (broad SMARTS) is 1. The molecule has 0 aromatic carbocycles. The molecule has 132 valence electrons. The van der Waals surface area contributed by atoms with Crippen LogP contribution in [0.1, 0.15) is 54.4 Å². The molecule has 2 N–H and O–H groups in total. The monoisotopic (exact) mass is 320 g/mol. The van der Waals surface area contributed by atoms with Gasteiger partial charge in [-0.05, 0) is 13.3 Å². The van der Waals surface area contributed by atoms with Crippen LogP contribution in [0.4, 0.5) is 4.79 Å². The lowest BCUT2D eigenvalue weighted by molar-refractivity contribution is -0.149. The molecule has 2 amide bonds. The van der Waals surface area contributed by atoms with Crippen molar-refractivity contribution in [3.63, 3.8) is 0 Å². The maximum Gasteiger partial charge on any atom is 0.407 e. The lowest BCUT2D eigenvalue weighted by Gasteiger charge is -2.26. The Kier molecular flexibility index (Phi) is 19.8. The van der Waals surface area contributed by atoms with Crippen LogP contribution in [-0.2, 0) is 14.3 Å². The van der Waals surface area contributed by atoms with Crippen LogP contribution in [0.15, 0.2) is 0 Å². The summed E-state index contributed by atoms with van der Waals surface area (Å²) in [5.74, 6) is -1.53. The normalized spacial score (nSPS) is 9.95. The molecule has 0 fully saturated rings. The van der Waals surface area contributed by atoms with E-state index in [9.17, 15) is 14.4 Å². The Bertz CT molecular complexity index is 308. The summed E-state index contributed by atoms with van der Waals surface area (Å²) in [6, 6.07) is -0.915. The minimum atomic E-state index is -1.08. The summed E-state index contributed by atoms with van der Waals surface area (Å²) in [5.41, 5.74) is 0. The molecule has 0 rings (SSSR count). The van der Waals surface area contributed by atoms with Gasteiger partial charge in [-0.2, -0.15) is 0 Å². The fourth-order valence-corrected chi connectivity index (χ4v) is 1.23. The van der Waals surface area contributed by atoms with E-state index >= 15 is 0 Å². The van der Waals surface area contributed by atoms with Gasteiger partial charge in [0.05, 0.1) is 7.11 Å². The zero-order valence-electron chi connectivity index (χ0n) is 14.9. The number of rotatable bonds is 6. The van der Waals surface area contributed by atoms with E-state index in [-0.39, 0.29) is 6.54 Å². The molecule has 0 aromatic heterocycles. The summed E-state index contributed by atoms with van der Waals surface area (Å²) in [7, 11) is 1.18. The lowest BCUT2D eigenvalue weighted by Crippen LogP contribution is -2.47. The van der Waals surface area contributed by atoms with Crippen LogP contribution in [0, 0.1) is 0 Å². The number of ether oxygens (including phenoxy) is 1. The molecule has 0 saturated carbocycles. The van der Waals surface area contributed by atoms with Gasteiger partial charge in [-0.3, -0.25) is 4.79 Å². The molecule has 7 heteroatoms. The summed E-state index contributed by atoms with van der Waals surface area (Å²) in [5, 5.41) is 11.1. The highest BCUT2D eigenvalue weighted by Gasteiger charge is 2.24. The van der Waals surface area contributed by atoms with Crippen molar-refractivity contribution < 1.29 is 24.2 Å². The molecule has 1 atom stereocenters. The number of nitrogens with one attached hydrogen (secondary N) is 1. The number of aliphatic carboxylic acids is 1. The van der Waals surface area contributed by atoms with E-state index in [0.717, 1.165) is 0 Å². The summed E-state index contributed by atoms with van der Waals surface area (Å²) < 4.78 is 4.31. The van der Waals surface area contributed by atoms with Crippen LogP contribution in [0.5, 0.6) is 0 Å². The van der Waals surface area contributed by atoms with Crippen LogP contribution in [0.25, 0.3) is 0 Å². The molecule has 0 spiro atoms. The molecule has 7 nitrogen and oxygen atoms in total. The SMILES string of the molecule is CC.CCC.CCCN(C(=O)CNC(=O)OC)C(C)C(=O)O. The van der Waals surface area contributed by atoms with Crippen molar-refractivity contribution >= 4 is 18.0 Å². The Morgan fingerprint density at radius 2 is 1.64 bits per heavy atom. The molecular weight excluding hydrogens is 288 g/mol. The van der Waals surface area contributed by atoms with Gasteiger partial charge in [0.25, 0.3) is 0 Å². The van der Waals surface area contributed by atoms with Crippen LogP contribution >= 0.6 is 0 Å². The van der Waals surface area contributed by atoms with Gasteiger partial charge in [0, 0.05) is 6.54 Å². The molecule has 0 bridgehead atoms. The second kappa shape index (κ2) is 17.3. The number of amides is 2. The molecule has 0 saturated heterocycles. The Hall–Kier alpha value is -1.79. The van der Waals surface area contributed by atoms with Crippen molar-refractivity contribution in [1.82, 2.24) is 10.2 Å². The molecule has 0 heterocycles. The predicted molar refractivity (Wildman–Crippen MR) is 86.8 cm³/mol. The average Bonchev–Trinajstić information content (AvgIpc) is 2.51. The highest BCUT2D eigenvalue weighted by molar-refractivity contribution is 5.86. The van der Waals surface area contributed by atoms with Gasteiger partial charge in [-0.25, -0.2) is 9.59 Å². The standard InChI is InChI=1S/C10H18N2O5.C3H8.C2H6/c1-4-5-12(7(2)9(14)15)8(13)6-11-10(16)17-3;1-3-2;1-2/h7H,4-6H2,1-3H3,(H,11,16)(H,14,15);3H2,1-2H3;1-2H3. The molecule has 0 aliphatic rings. The van der Waals surface area contributed by atoms with Gasteiger partial charge in [0.2, 0.25) is 5.91 Å².